The van der Waals surface area contributed by atoms with Crippen LogP contribution in [0.15, 0.2) is 73.1 Å². The summed E-state index contributed by atoms with van der Waals surface area (Å²) in [6, 6.07) is 18.9. The van der Waals surface area contributed by atoms with Crippen LogP contribution < -0.4 is 0 Å². The van der Waals surface area contributed by atoms with Gasteiger partial charge in [0.15, 0.2) is 0 Å². The molecule has 4 N–H and O–H groups in total. The van der Waals surface area contributed by atoms with E-state index in [2.05, 4.69) is 5.10 Å². The van der Waals surface area contributed by atoms with E-state index in [4.69, 9.17) is 5.10 Å². The summed E-state index contributed by atoms with van der Waals surface area (Å²) in [5.41, 5.74) is 4.42. The Morgan fingerprint density at radius 3 is 1.61 bits per heavy atom. The van der Waals surface area contributed by atoms with E-state index in [9.17, 15) is 39.6 Å². The first-order valence-electron chi connectivity index (χ1n) is 13.7. The molecular formula is C30H32N6O8. The van der Waals surface area contributed by atoms with Crippen molar-refractivity contribution in [2.75, 3.05) is 39.3 Å². The molecule has 44 heavy (non-hydrogen) atoms. The number of rotatable bonds is 17. The molecule has 2 aromatic heterocycles. The number of hydrogen-bond donors (Lipinski definition) is 4. The van der Waals surface area contributed by atoms with Crippen molar-refractivity contribution in [3.05, 3.63) is 73.1 Å². The van der Waals surface area contributed by atoms with Crippen molar-refractivity contribution in [3.63, 3.8) is 0 Å². The molecule has 0 aliphatic rings. The van der Waals surface area contributed by atoms with Gasteiger partial charge in [0.05, 0.1) is 51.2 Å². The van der Waals surface area contributed by atoms with Gasteiger partial charge in [-0.05, 0) is 0 Å². The summed E-state index contributed by atoms with van der Waals surface area (Å²) in [7, 11) is 0. The summed E-state index contributed by atoms with van der Waals surface area (Å²) < 4.78 is 3.34. The van der Waals surface area contributed by atoms with Gasteiger partial charge in [-0.25, -0.2) is 0 Å². The second-order valence-electron chi connectivity index (χ2n) is 10.0. The Hall–Kier alpha value is -5.34. The quantitative estimate of drug-likeness (QED) is 0.137. The highest BCUT2D eigenvalue weighted by Crippen LogP contribution is 2.37. The van der Waals surface area contributed by atoms with Gasteiger partial charge < -0.3 is 20.4 Å². The molecule has 0 fully saturated rings. The van der Waals surface area contributed by atoms with Gasteiger partial charge in [-0.2, -0.15) is 10.2 Å². The zero-order valence-corrected chi connectivity index (χ0v) is 23.7. The summed E-state index contributed by atoms with van der Waals surface area (Å²) in [5.74, 6) is -4.55. The fraction of sp³-hybridized carbons (Fsp3) is 0.267. The SMILES string of the molecule is O=C(O)CN(CCn1cc(-c2cnn(CCN(CC(=O)O)CC(=O)O)c2-c2ccccc2)c(-c2ccccc2)n1)CC(=O)O. The molecule has 230 valence electrons. The van der Waals surface area contributed by atoms with Crippen molar-refractivity contribution in [2.24, 2.45) is 0 Å². The molecule has 0 spiro atoms. The van der Waals surface area contributed by atoms with Crippen LogP contribution in [0.3, 0.4) is 0 Å². The molecule has 14 heteroatoms. The average Bonchev–Trinajstić information content (AvgIpc) is 3.59. The Labute approximate surface area is 252 Å². The maximum Gasteiger partial charge on any atom is 0.317 e. The van der Waals surface area contributed by atoms with E-state index in [-0.39, 0.29) is 26.2 Å². The molecule has 0 aliphatic heterocycles. The van der Waals surface area contributed by atoms with E-state index < -0.39 is 50.1 Å². The molecule has 0 unspecified atom stereocenters. The first-order chi connectivity index (χ1) is 21.1. The second-order valence-corrected chi connectivity index (χ2v) is 10.0. The molecule has 0 aliphatic carbocycles. The molecule has 0 saturated heterocycles. The third-order valence-corrected chi connectivity index (χ3v) is 6.69. The number of benzene rings is 2. The van der Waals surface area contributed by atoms with Gasteiger partial charge in [-0.1, -0.05) is 60.7 Å². The van der Waals surface area contributed by atoms with Crippen LogP contribution in [0.5, 0.6) is 0 Å². The number of carboxylic acid groups (broad SMARTS) is 4. The first-order valence-corrected chi connectivity index (χ1v) is 13.7. The Morgan fingerprint density at radius 1 is 0.636 bits per heavy atom. The minimum absolute atomic E-state index is 0.118. The van der Waals surface area contributed by atoms with Crippen LogP contribution in [-0.4, -0.2) is 113 Å². The second kappa shape index (κ2) is 14.7. The number of aromatic nitrogens is 4. The normalized spacial score (nSPS) is 11.2. The predicted molar refractivity (Wildman–Crippen MR) is 158 cm³/mol. The van der Waals surface area contributed by atoms with Gasteiger partial charge in [0, 0.05) is 41.5 Å². The van der Waals surface area contributed by atoms with Gasteiger partial charge in [-0.3, -0.25) is 38.3 Å². The van der Waals surface area contributed by atoms with Crippen molar-refractivity contribution >= 4 is 23.9 Å². The van der Waals surface area contributed by atoms with Crippen LogP contribution in [0.25, 0.3) is 33.6 Å². The summed E-state index contributed by atoms with van der Waals surface area (Å²) in [6.45, 7) is -1.07. The number of hydrogen-bond acceptors (Lipinski definition) is 8. The summed E-state index contributed by atoms with van der Waals surface area (Å²) in [5, 5.41) is 46.3. The van der Waals surface area contributed by atoms with Crippen molar-refractivity contribution in [1.29, 1.82) is 0 Å². The molecule has 2 heterocycles. The van der Waals surface area contributed by atoms with Crippen molar-refractivity contribution in [2.45, 2.75) is 13.1 Å². The van der Waals surface area contributed by atoms with Crippen molar-refractivity contribution in [3.8, 4) is 33.6 Å². The average molecular weight is 605 g/mol. The van der Waals surface area contributed by atoms with Gasteiger partial charge in [-0.15, -0.1) is 0 Å². The summed E-state index contributed by atoms with van der Waals surface area (Å²) >= 11 is 0. The minimum atomic E-state index is -1.14. The van der Waals surface area contributed by atoms with Crippen molar-refractivity contribution in [1.82, 2.24) is 29.4 Å². The largest absolute Gasteiger partial charge is 0.480 e. The van der Waals surface area contributed by atoms with Crippen LogP contribution >= 0.6 is 0 Å². The first kappa shape index (κ1) is 31.6. The Kier molecular flexibility index (Phi) is 10.6. The molecule has 2 aromatic carbocycles. The predicted octanol–water partition coefficient (Wildman–Crippen LogP) is 2.02. The zero-order valence-electron chi connectivity index (χ0n) is 23.7. The molecule has 0 saturated carbocycles. The van der Waals surface area contributed by atoms with Crippen LogP contribution in [0, 0.1) is 0 Å². The standard InChI is InChI=1S/C30H32N6O8/c37-25(38)17-33(18-26(39)40)11-13-35-16-24(29(32-35)21-7-3-1-4-8-21)23-15-31-36(30(23)22-9-5-2-6-10-22)14-12-34(19-27(41)42)20-28(43)44/h1-10,15-16H,11-14,17-20H2,(H,37,38)(H,39,40)(H,41,42)(H,43,44). The number of carbonyl (C=O) groups is 4. The number of carboxylic acids is 4. The smallest absolute Gasteiger partial charge is 0.317 e. The van der Waals surface area contributed by atoms with Crippen LogP contribution in [-0.2, 0) is 32.3 Å². The number of aliphatic carboxylic acids is 4. The molecule has 0 bridgehead atoms. The lowest BCUT2D eigenvalue weighted by Crippen LogP contribution is -2.36. The molecular weight excluding hydrogens is 572 g/mol. The van der Waals surface area contributed by atoms with Gasteiger partial charge in [0.25, 0.3) is 0 Å². The van der Waals surface area contributed by atoms with Gasteiger partial charge in [0.1, 0.15) is 5.69 Å². The Bertz CT molecular complexity index is 1570. The van der Waals surface area contributed by atoms with E-state index >= 15 is 0 Å². The summed E-state index contributed by atoms with van der Waals surface area (Å²) in [6.07, 6.45) is 3.48. The molecule has 0 amide bonds. The van der Waals surface area contributed by atoms with E-state index in [1.54, 1.807) is 21.8 Å². The van der Waals surface area contributed by atoms with E-state index in [0.29, 0.717) is 11.4 Å². The van der Waals surface area contributed by atoms with E-state index in [1.165, 1.54) is 9.80 Å². The molecule has 14 nitrogen and oxygen atoms in total. The minimum Gasteiger partial charge on any atom is -0.480 e. The molecule has 4 rings (SSSR count). The summed E-state index contributed by atoms with van der Waals surface area (Å²) in [4.78, 5) is 47.8. The fourth-order valence-electron chi connectivity index (χ4n) is 4.87. The molecule has 4 aromatic rings. The third kappa shape index (κ3) is 8.59. The molecule has 0 atom stereocenters. The van der Waals surface area contributed by atoms with Crippen LogP contribution in [0.4, 0.5) is 0 Å². The topological polar surface area (TPSA) is 191 Å². The Balaban J connectivity index is 1.74. The zero-order chi connectivity index (χ0) is 31.6. The maximum absolute atomic E-state index is 11.3. The van der Waals surface area contributed by atoms with E-state index in [0.717, 1.165) is 22.3 Å². The lowest BCUT2D eigenvalue weighted by Gasteiger charge is -2.19. The highest BCUT2D eigenvalue weighted by atomic mass is 16.4. The van der Waals surface area contributed by atoms with Crippen LogP contribution in [0.2, 0.25) is 0 Å². The number of nitrogens with zero attached hydrogens (tertiary/aromatic N) is 6. The lowest BCUT2D eigenvalue weighted by molar-refractivity contribution is -0.143. The Morgan fingerprint density at radius 2 is 1.11 bits per heavy atom. The van der Waals surface area contributed by atoms with Crippen molar-refractivity contribution < 1.29 is 39.6 Å². The monoisotopic (exact) mass is 604 g/mol. The van der Waals surface area contributed by atoms with Gasteiger partial charge in [0.2, 0.25) is 0 Å². The maximum atomic E-state index is 11.3. The lowest BCUT2D eigenvalue weighted by atomic mass is 9.99. The fourth-order valence-corrected chi connectivity index (χ4v) is 4.87. The van der Waals surface area contributed by atoms with E-state index in [1.807, 2.05) is 60.7 Å². The molecule has 0 radical (unpaired) electrons. The highest BCUT2D eigenvalue weighted by Gasteiger charge is 2.23. The van der Waals surface area contributed by atoms with Gasteiger partial charge >= 0.3 is 23.9 Å². The van der Waals surface area contributed by atoms with Crippen LogP contribution in [0.1, 0.15) is 0 Å². The highest BCUT2D eigenvalue weighted by molar-refractivity contribution is 5.88. The third-order valence-electron chi connectivity index (χ3n) is 6.69.